The first-order valence-corrected chi connectivity index (χ1v) is 9.01. The molecule has 2 aromatic rings. The van der Waals surface area contributed by atoms with Gasteiger partial charge in [0.15, 0.2) is 0 Å². The average Bonchev–Trinajstić information content (AvgIpc) is 2.61. The van der Waals surface area contributed by atoms with Crippen LogP contribution in [-0.4, -0.2) is 32.1 Å². The molecule has 1 amide bonds. The number of hydrogen-bond acceptors (Lipinski definition) is 3. The maximum atomic E-state index is 13.4. The molecule has 0 aliphatic carbocycles. The van der Waals surface area contributed by atoms with Crippen LogP contribution in [0.5, 0.6) is 0 Å². The molecule has 0 saturated carbocycles. The van der Waals surface area contributed by atoms with Crippen molar-refractivity contribution in [3.05, 3.63) is 59.4 Å². The van der Waals surface area contributed by atoms with Crippen molar-refractivity contribution in [1.82, 2.24) is 5.32 Å². The van der Waals surface area contributed by atoms with E-state index in [1.807, 2.05) is 12.1 Å². The molecule has 3 rings (SSSR count). The second kappa shape index (κ2) is 7.46. The summed E-state index contributed by atoms with van der Waals surface area (Å²) in [5.41, 5.74) is 3.15. The third-order valence-corrected chi connectivity index (χ3v) is 4.61. The Morgan fingerprint density at radius 2 is 1.85 bits per heavy atom. The lowest BCUT2D eigenvalue weighted by Crippen LogP contribution is -2.43. The highest BCUT2D eigenvalue weighted by molar-refractivity contribution is 6.05. The van der Waals surface area contributed by atoms with Crippen molar-refractivity contribution in [3.8, 4) is 0 Å². The summed E-state index contributed by atoms with van der Waals surface area (Å²) in [6.07, 6.45) is 0. The third-order valence-electron chi connectivity index (χ3n) is 4.61. The van der Waals surface area contributed by atoms with Crippen LogP contribution in [0, 0.1) is 5.82 Å². The summed E-state index contributed by atoms with van der Waals surface area (Å²) >= 11 is 0. The fraction of sp³-hybridized carbons (Fsp3) is 0.381. The van der Waals surface area contributed by atoms with Crippen LogP contribution in [0.2, 0.25) is 0 Å². The van der Waals surface area contributed by atoms with Crippen molar-refractivity contribution in [1.29, 1.82) is 0 Å². The highest BCUT2D eigenvalue weighted by Crippen LogP contribution is 2.29. The smallest absolute Gasteiger partial charge is 0.255 e. The Morgan fingerprint density at radius 1 is 1.12 bits per heavy atom. The molecule has 2 aromatic carbocycles. The zero-order valence-corrected chi connectivity index (χ0v) is 15.6. The van der Waals surface area contributed by atoms with E-state index < -0.39 is 0 Å². The van der Waals surface area contributed by atoms with E-state index in [0.29, 0.717) is 11.3 Å². The summed E-state index contributed by atoms with van der Waals surface area (Å²) < 4.78 is 13.4. The molecule has 5 heteroatoms. The van der Waals surface area contributed by atoms with Crippen LogP contribution in [0.3, 0.4) is 0 Å². The maximum Gasteiger partial charge on any atom is 0.255 e. The van der Waals surface area contributed by atoms with Gasteiger partial charge in [-0.15, -0.1) is 0 Å². The zero-order valence-electron chi connectivity index (χ0n) is 15.6. The standard InChI is InChI=1S/C21H26FN3O/c1-21(2,3)16-11-15(12-19(13-16)25-9-7-23-8-10-25)20(26)24-18-6-4-5-17(22)14-18/h4-6,11-14,23H,7-10H2,1-3H3,(H,24,26). The molecule has 0 atom stereocenters. The second-order valence-electron chi connectivity index (χ2n) is 7.72. The van der Waals surface area contributed by atoms with Gasteiger partial charge in [-0.1, -0.05) is 26.8 Å². The van der Waals surface area contributed by atoms with Crippen LogP contribution in [-0.2, 0) is 5.41 Å². The lowest BCUT2D eigenvalue weighted by atomic mass is 9.85. The molecule has 0 unspecified atom stereocenters. The number of rotatable bonds is 3. The van der Waals surface area contributed by atoms with Crippen LogP contribution in [0.1, 0.15) is 36.7 Å². The predicted molar refractivity (Wildman–Crippen MR) is 105 cm³/mol. The molecule has 1 aliphatic rings. The monoisotopic (exact) mass is 355 g/mol. The molecular weight excluding hydrogens is 329 g/mol. The van der Waals surface area contributed by atoms with Gasteiger partial charge in [-0.05, 0) is 47.4 Å². The number of nitrogens with one attached hydrogen (secondary N) is 2. The van der Waals surface area contributed by atoms with Crippen molar-refractivity contribution in [2.75, 3.05) is 36.4 Å². The Bertz CT molecular complexity index is 792. The first kappa shape index (κ1) is 18.4. The lowest BCUT2D eigenvalue weighted by Gasteiger charge is -2.31. The molecule has 4 nitrogen and oxygen atoms in total. The van der Waals surface area contributed by atoms with Gasteiger partial charge in [-0.2, -0.15) is 0 Å². The van der Waals surface area contributed by atoms with E-state index >= 15 is 0 Å². The van der Waals surface area contributed by atoms with Gasteiger partial charge >= 0.3 is 0 Å². The van der Waals surface area contributed by atoms with Crippen LogP contribution in [0.4, 0.5) is 15.8 Å². The summed E-state index contributed by atoms with van der Waals surface area (Å²) in [7, 11) is 0. The number of benzene rings is 2. The predicted octanol–water partition coefficient (Wildman–Crippen LogP) is 3.79. The number of carbonyl (C=O) groups is 1. The molecule has 138 valence electrons. The summed E-state index contributed by atoms with van der Waals surface area (Å²) in [5, 5.41) is 6.15. The number of carbonyl (C=O) groups excluding carboxylic acids is 1. The molecule has 0 spiro atoms. The van der Waals surface area contributed by atoms with Crippen molar-refractivity contribution in [2.45, 2.75) is 26.2 Å². The number of halogens is 1. The van der Waals surface area contributed by atoms with E-state index in [1.54, 1.807) is 12.1 Å². The van der Waals surface area contributed by atoms with Gasteiger partial charge in [0, 0.05) is 43.1 Å². The molecule has 0 radical (unpaired) electrons. The summed E-state index contributed by atoms with van der Waals surface area (Å²) in [6, 6.07) is 12.0. The summed E-state index contributed by atoms with van der Waals surface area (Å²) in [4.78, 5) is 15.1. The van der Waals surface area contributed by atoms with Gasteiger partial charge in [-0.25, -0.2) is 4.39 Å². The van der Waals surface area contributed by atoms with Crippen molar-refractivity contribution < 1.29 is 9.18 Å². The molecule has 1 aliphatic heterocycles. The third kappa shape index (κ3) is 4.41. The Balaban J connectivity index is 1.92. The quantitative estimate of drug-likeness (QED) is 0.881. The minimum atomic E-state index is -0.368. The summed E-state index contributed by atoms with van der Waals surface area (Å²) in [6.45, 7) is 10.1. The molecule has 1 heterocycles. The van der Waals surface area contributed by atoms with Gasteiger partial charge in [-0.3, -0.25) is 4.79 Å². The molecule has 26 heavy (non-hydrogen) atoms. The number of amides is 1. The van der Waals surface area contributed by atoms with E-state index in [2.05, 4.69) is 42.4 Å². The number of hydrogen-bond donors (Lipinski definition) is 2. The van der Waals surface area contributed by atoms with Crippen LogP contribution in [0.15, 0.2) is 42.5 Å². The number of piperazine rings is 1. The van der Waals surface area contributed by atoms with Crippen LogP contribution < -0.4 is 15.5 Å². The van der Waals surface area contributed by atoms with Crippen molar-refractivity contribution in [2.24, 2.45) is 0 Å². The minimum absolute atomic E-state index is 0.0715. The average molecular weight is 355 g/mol. The van der Waals surface area contributed by atoms with E-state index in [4.69, 9.17) is 0 Å². The van der Waals surface area contributed by atoms with Gasteiger partial charge in [0.25, 0.3) is 5.91 Å². The molecular formula is C21H26FN3O. The normalized spacial score (nSPS) is 15.0. The number of anilines is 2. The Morgan fingerprint density at radius 3 is 2.50 bits per heavy atom. The van der Waals surface area contributed by atoms with Gasteiger partial charge < -0.3 is 15.5 Å². The van der Waals surface area contributed by atoms with E-state index in [9.17, 15) is 9.18 Å². The van der Waals surface area contributed by atoms with Crippen molar-refractivity contribution in [3.63, 3.8) is 0 Å². The maximum absolute atomic E-state index is 13.4. The van der Waals surface area contributed by atoms with Gasteiger partial charge in [0.1, 0.15) is 5.82 Å². The van der Waals surface area contributed by atoms with E-state index in [1.165, 1.54) is 12.1 Å². The topological polar surface area (TPSA) is 44.4 Å². The molecule has 1 fully saturated rings. The van der Waals surface area contributed by atoms with Crippen LogP contribution in [0.25, 0.3) is 0 Å². The van der Waals surface area contributed by atoms with Crippen LogP contribution >= 0.6 is 0 Å². The molecule has 2 N–H and O–H groups in total. The Kier molecular flexibility index (Phi) is 5.28. The highest BCUT2D eigenvalue weighted by atomic mass is 19.1. The number of nitrogens with zero attached hydrogens (tertiary/aromatic N) is 1. The Hall–Kier alpha value is -2.40. The second-order valence-corrected chi connectivity index (χ2v) is 7.72. The Labute approximate surface area is 154 Å². The molecule has 0 bridgehead atoms. The SMILES string of the molecule is CC(C)(C)c1cc(C(=O)Nc2cccc(F)c2)cc(N2CCNCC2)c1. The zero-order chi connectivity index (χ0) is 18.7. The van der Waals surface area contributed by atoms with Gasteiger partial charge in [0.2, 0.25) is 0 Å². The molecule has 1 saturated heterocycles. The highest BCUT2D eigenvalue weighted by Gasteiger charge is 2.20. The fourth-order valence-corrected chi connectivity index (χ4v) is 3.05. The first-order chi connectivity index (χ1) is 12.3. The fourth-order valence-electron chi connectivity index (χ4n) is 3.05. The van der Waals surface area contributed by atoms with E-state index in [0.717, 1.165) is 37.4 Å². The largest absolute Gasteiger partial charge is 0.369 e. The molecule has 0 aromatic heterocycles. The summed E-state index contributed by atoms with van der Waals surface area (Å²) in [5.74, 6) is -0.592. The lowest BCUT2D eigenvalue weighted by molar-refractivity contribution is 0.102. The minimum Gasteiger partial charge on any atom is -0.369 e. The van der Waals surface area contributed by atoms with E-state index in [-0.39, 0.29) is 17.1 Å². The van der Waals surface area contributed by atoms with Crippen molar-refractivity contribution >= 4 is 17.3 Å². The van der Waals surface area contributed by atoms with Gasteiger partial charge in [0.05, 0.1) is 0 Å². The first-order valence-electron chi connectivity index (χ1n) is 9.01.